The quantitative estimate of drug-likeness (QED) is 0.554. The van der Waals surface area contributed by atoms with E-state index in [0.717, 1.165) is 16.7 Å². The number of hydrogen-bond acceptors (Lipinski definition) is 3. The monoisotopic (exact) mass is 401 g/mol. The van der Waals surface area contributed by atoms with Gasteiger partial charge in [-0.05, 0) is 30.5 Å². The fourth-order valence-corrected chi connectivity index (χ4v) is 3.31. The highest BCUT2D eigenvalue weighted by atomic mass is 16.2. The van der Waals surface area contributed by atoms with E-state index in [1.807, 2.05) is 67.6 Å². The summed E-state index contributed by atoms with van der Waals surface area (Å²) in [6.45, 7) is 4.29. The average Bonchev–Trinajstić information content (AvgIpc) is 2.76. The number of benzene rings is 3. The molecule has 5 heteroatoms. The Morgan fingerprint density at radius 1 is 0.767 bits per heavy atom. The first-order valence-corrected chi connectivity index (χ1v) is 10.1. The lowest BCUT2D eigenvalue weighted by atomic mass is 9.95. The molecule has 3 N–H and O–H groups in total. The Labute approximate surface area is 177 Å². The number of carbonyl (C=O) groups is 2. The maximum atomic E-state index is 13.0. The molecule has 0 saturated heterocycles. The first-order valence-electron chi connectivity index (χ1n) is 10.1. The highest BCUT2D eigenvalue weighted by Gasteiger charge is 2.26. The van der Waals surface area contributed by atoms with Gasteiger partial charge in [0.25, 0.3) is 0 Å². The molecule has 154 valence electrons. The minimum Gasteiger partial charge on any atom is -0.338 e. The molecule has 0 saturated carbocycles. The smallest absolute Gasteiger partial charge is 0.321 e. The Kier molecular flexibility index (Phi) is 7.35. The van der Waals surface area contributed by atoms with Gasteiger partial charge in [0.15, 0.2) is 0 Å². The van der Waals surface area contributed by atoms with Crippen LogP contribution in [0.3, 0.4) is 0 Å². The Hall–Kier alpha value is -3.44. The molecule has 0 aliphatic heterocycles. The van der Waals surface area contributed by atoms with E-state index >= 15 is 0 Å². The van der Waals surface area contributed by atoms with Crippen molar-refractivity contribution < 1.29 is 9.59 Å². The van der Waals surface area contributed by atoms with Crippen LogP contribution >= 0.6 is 0 Å². The number of urea groups is 1. The summed E-state index contributed by atoms with van der Waals surface area (Å²) in [4.78, 5) is 25.0. The topological polar surface area (TPSA) is 70.2 Å². The minimum absolute atomic E-state index is 0.225. The number of hydrogen-bond donors (Lipinski definition) is 3. The molecule has 0 radical (unpaired) electrons. The van der Waals surface area contributed by atoms with Gasteiger partial charge in [-0.1, -0.05) is 90.5 Å². The lowest BCUT2D eigenvalue weighted by molar-refractivity contribution is -0.122. The van der Waals surface area contributed by atoms with E-state index in [4.69, 9.17) is 0 Å². The van der Waals surface area contributed by atoms with Gasteiger partial charge in [0.1, 0.15) is 6.04 Å². The second-order valence-corrected chi connectivity index (χ2v) is 7.11. The molecule has 0 aliphatic rings. The first-order chi connectivity index (χ1) is 14.6. The van der Waals surface area contributed by atoms with Crippen molar-refractivity contribution in [3.05, 3.63) is 107 Å². The number of amides is 3. The van der Waals surface area contributed by atoms with Crippen molar-refractivity contribution in [3.63, 3.8) is 0 Å². The molecule has 3 aromatic carbocycles. The summed E-state index contributed by atoms with van der Waals surface area (Å²) in [5.74, 6) is -0.403. The van der Waals surface area contributed by atoms with Crippen LogP contribution in [0.1, 0.15) is 41.3 Å². The van der Waals surface area contributed by atoms with Crippen LogP contribution in [0.15, 0.2) is 84.9 Å². The number of rotatable bonds is 7. The lowest BCUT2D eigenvalue weighted by Gasteiger charge is -2.26. The van der Waals surface area contributed by atoms with Crippen LogP contribution in [0.25, 0.3) is 0 Å². The third kappa shape index (κ3) is 5.55. The Bertz CT molecular complexity index is 957. The Morgan fingerprint density at radius 3 is 1.87 bits per heavy atom. The van der Waals surface area contributed by atoms with Crippen LogP contribution in [-0.2, 0) is 4.79 Å². The molecule has 0 aromatic heterocycles. The van der Waals surface area contributed by atoms with Crippen molar-refractivity contribution in [1.82, 2.24) is 16.0 Å². The van der Waals surface area contributed by atoms with Gasteiger partial charge < -0.3 is 5.32 Å². The van der Waals surface area contributed by atoms with E-state index < -0.39 is 18.0 Å². The van der Waals surface area contributed by atoms with Crippen molar-refractivity contribution in [2.45, 2.75) is 25.9 Å². The molecule has 0 heterocycles. The van der Waals surface area contributed by atoms with E-state index in [2.05, 4.69) is 40.2 Å². The van der Waals surface area contributed by atoms with E-state index in [1.165, 1.54) is 5.56 Å². The molecular formula is C25H27N3O2. The Balaban J connectivity index is 1.96. The molecule has 0 spiro atoms. The summed E-state index contributed by atoms with van der Waals surface area (Å²) in [5.41, 5.74) is 4.03. The molecule has 0 fully saturated rings. The van der Waals surface area contributed by atoms with Crippen molar-refractivity contribution in [3.8, 4) is 0 Å². The van der Waals surface area contributed by atoms with Gasteiger partial charge in [0.05, 0.1) is 6.04 Å². The summed E-state index contributed by atoms with van der Waals surface area (Å²) in [6, 6.07) is 26.2. The molecule has 3 amide bonds. The van der Waals surface area contributed by atoms with Crippen molar-refractivity contribution >= 4 is 11.9 Å². The molecule has 30 heavy (non-hydrogen) atoms. The third-order valence-corrected chi connectivity index (χ3v) is 4.85. The van der Waals surface area contributed by atoms with Crippen LogP contribution in [0.4, 0.5) is 4.79 Å². The molecule has 0 bridgehead atoms. The van der Waals surface area contributed by atoms with Crippen molar-refractivity contribution in [2.75, 3.05) is 6.54 Å². The van der Waals surface area contributed by atoms with E-state index in [9.17, 15) is 9.59 Å². The molecule has 3 aromatic rings. The third-order valence-electron chi connectivity index (χ3n) is 4.85. The summed E-state index contributed by atoms with van der Waals surface area (Å²) in [5, 5.41) is 8.53. The normalized spacial score (nSPS) is 12.6. The van der Waals surface area contributed by atoms with Crippen LogP contribution in [0, 0.1) is 6.92 Å². The number of carbonyl (C=O) groups excluding carboxylic acids is 2. The van der Waals surface area contributed by atoms with Gasteiger partial charge >= 0.3 is 6.03 Å². The van der Waals surface area contributed by atoms with Crippen molar-refractivity contribution in [1.29, 1.82) is 0 Å². The summed E-state index contributed by atoms with van der Waals surface area (Å²) < 4.78 is 0. The van der Waals surface area contributed by atoms with Gasteiger partial charge in [0, 0.05) is 6.54 Å². The molecule has 3 rings (SSSR count). The molecule has 2 atom stereocenters. The van der Waals surface area contributed by atoms with E-state index in [-0.39, 0.29) is 6.04 Å². The molecule has 5 nitrogen and oxygen atoms in total. The van der Waals surface area contributed by atoms with E-state index in [0.29, 0.717) is 6.54 Å². The highest BCUT2D eigenvalue weighted by molar-refractivity contribution is 5.97. The van der Waals surface area contributed by atoms with Crippen LogP contribution < -0.4 is 16.0 Å². The maximum Gasteiger partial charge on any atom is 0.321 e. The number of nitrogens with one attached hydrogen (secondary N) is 3. The molecular weight excluding hydrogens is 374 g/mol. The predicted molar refractivity (Wildman–Crippen MR) is 119 cm³/mol. The first kappa shape index (κ1) is 21.3. The van der Waals surface area contributed by atoms with Gasteiger partial charge in [-0.3, -0.25) is 15.4 Å². The van der Waals surface area contributed by atoms with Gasteiger partial charge in [0.2, 0.25) is 5.91 Å². The Morgan fingerprint density at radius 2 is 1.30 bits per heavy atom. The summed E-state index contributed by atoms with van der Waals surface area (Å²) in [6.07, 6.45) is 0. The minimum atomic E-state index is -0.708. The van der Waals surface area contributed by atoms with Crippen LogP contribution in [0.2, 0.25) is 0 Å². The largest absolute Gasteiger partial charge is 0.338 e. The van der Waals surface area contributed by atoms with E-state index in [1.54, 1.807) is 6.92 Å². The van der Waals surface area contributed by atoms with Crippen LogP contribution in [-0.4, -0.2) is 18.5 Å². The molecule has 0 unspecified atom stereocenters. The predicted octanol–water partition coefficient (Wildman–Crippen LogP) is 4.26. The standard InChI is InChI=1S/C25H27N3O2/c1-3-26-25(30)28-24(29)23(20-12-8-5-9-13-20)27-22(19-10-6-4-7-11-19)21-16-14-18(2)15-17-21/h4-17,22-23,27H,3H2,1-2H3,(H2,26,28,29,30)/t22-,23+/m0/s1. The fraction of sp³-hybridized carbons (Fsp3) is 0.200. The fourth-order valence-electron chi connectivity index (χ4n) is 3.31. The van der Waals surface area contributed by atoms with Gasteiger partial charge in [-0.15, -0.1) is 0 Å². The number of imide groups is 1. The zero-order chi connectivity index (χ0) is 21.3. The maximum absolute atomic E-state index is 13.0. The van der Waals surface area contributed by atoms with Crippen LogP contribution in [0.5, 0.6) is 0 Å². The second-order valence-electron chi connectivity index (χ2n) is 7.11. The SMILES string of the molecule is CCNC(=O)NC(=O)[C@H](N[C@@H](c1ccccc1)c1ccc(C)cc1)c1ccccc1. The summed E-state index contributed by atoms with van der Waals surface area (Å²) >= 11 is 0. The highest BCUT2D eigenvalue weighted by Crippen LogP contribution is 2.26. The summed E-state index contributed by atoms with van der Waals surface area (Å²) in [7, 11) is 0. The lowest BCUT2D eigenvalue weighted by Crippen LogP contribution is -2.45. The number of aryl methyl sites for hydroxylation is 1. The second kappa shape index (κ2) is 10.4. The average molecular weight is 402 g/mol. The zero-order valence-corrected chi connectivity index (χ0v) is 17.3. The van der Waals surface area contributed by atoms with Crippen molar-refractivity contribution in [2.24, 2.45) is 0 Å². The van der Waals surface area contributed by atoms with Gasteiger partial charge in [-0.2, -0.15) is 0 Å². The zero-order valence-electron chi connectivity index (χ0n) is 17.3. The molecule has 0 aliphatic carbocycles. The van der Waals surface area contributed by atoms with Gasteiger partial charge in [-0.25, -0.2) is 4.79 Å².